The molecule has 0 aromatic heterocycles. The van der Waals surface area contributed by atoms with E-state index in [0.29, 0.717) is 28.1 Å². The maximum absolute atomic E-state index is 12.4. The van der Waals surface area contributed by atoms with Crippen LogP contribution in [0.3, 0.4) is 0 Å². The highest BCUT2D eigenvalue weighted by atomic mass is 35.5. The van der Waals surface area contributed by atoms with Crippen LogP contribution < -0.4 is 5.32 Å². The number of hydrogen-bond acceptors (Lipinski definition) is 3. The van der Waals surface area contributed by atoms with E-state index in [1.54, 1.807) is 12.1 Å². The zero-order valence-corrected chi connectivity index (χ0v) is 15.8. The Morgan fingerprint density at radius 3 is 2.77 bits per heavy atom. The number of carbonyl (C=O) groups is 1. The van der Waals surface area contributed by atoms with Gasteiger partial charge in [-0.3, -0.25) is 0 Å². The zero-order valence-electron chi connectivity index (χ0n) is 14.3. The molecule has 3 atom stereocenters. The van der Waals surface area contributed by atoms with Crippen LogP contribution in [0.2, 0.25) is 10.0 Å². The Morgan fingerprint density at radius 1 is 1.19 bits per heavy atom. The van der Waals surface area contributed by atoms with Crippen LogP contribution in [0.15, 0.2) is 48.6 Å². The van der Waals surface area contributed by atoms with Gasteiger partial charge in [-0.2, -0.15) is 0 Å². The van der Waals surface area contributed by atoms with Crippen molar-refractivity contribution in [3.63, 3.8) is 0 Å². The molecule has 5 heteroatoms. The zero-order chi connectivity index (χ0) is 18.3. The Kier molecular flexibility index (Phi) is 4.68. The molecule has 2 aliphatic rings. The first-order valence-electron chi connectivity index (χ1n) is 8.79. The van der Waals surface area contributed by atoms with Gasteiger partial charge in [-0.05, 0) is 42.5 Å². The van der Waals surface area contributed by atoms with Crippen LogP contribution in [0.1, 0.15) is 46.8 Å². The largest absolute Gasteiger partial charge is 0.462 e. The predicted octanol–water partition coefficient (Wildman–Crippen LogP) is 6.00. The number of fused-ring (bicyclic) bond motifs is 3. The van der Waals surface area contributed by atoms with Crippen LogP contribution in [0.25, 0.3) is 0 Å². The highest BCUT2D eigenvalue weighted by Crippen LogP contribution is 2.52. The summed E-state index contributed by atoms with van der Waals surface area (Å²) in [5.41, 5.74) is 3.48. The molecule has 2 aromatic carbocycles. The molecule has 26 heavy (non-hydrogen) atoms. The number of para-hydroxylation sites is 1. The van der Waals surface area contributed by atoms with E-state index in [1.165, 1.54) is 0 Å². The van der Waals surface area contributed by atoms with Crippen molar-refractivity contribution < 1.29 is 9.53 Å². The molecule has 0 saturated heterocycles. The average Bonchev–Trinajstić information content (AvgIpc) is 3.13. The Hall–Kier alpha value is -1.97. The SMILES string of the molecule is CCOC(=O)c1cccc2c1N[C@H](c1cccc(Cl)c1Cl)[C@H]1CC=C[C@H]21. The first-order valence-corrected chi connectivity index (χ1v) is 9.54. The minimum Gasteiger partial charge on any atom is -0.462 e. The van der Waals surface area contributed by atoms with Gasteiger partial charge < -0.3 is 10.1 Å². The number of hydrogen-bond donors (Lipinski definition) is 1. The molecular weight excluding hydrogens is 369 g/mol. The van der Waals surface area contributed by atoms with Gasteiger partial charge in [0.05, 0.1) is 33.9 Å². The molecule has 1 aliphatic carbocycles. The fourth-order valence-corrected chi connectivity index (χ4v) is 4.49. The number of carbonyl (C=O) groups excluding carboxylic acids is 1. The third kappa shape index (κ3) is 2.80. The number of halogens is 2. The third-order valence-corrected chi connectivity index (χ3v) is 6.04. The van der Waals surface area contributed by atoms with Gasteiger partial charge in [-0.15, -0.1) is 0 Å². The third-order valence-electron chi connectivity index (χ3n) is 5.21. The van der Waals surface area contributed by atoms with Crippen LogP contribution in [-0.2, 0) is 4.74 Å². The van der Waals surface area contributed by atoms with Gasteiger partial charge in [0.25, 0.3) is 0 Å². The first-order chi connectivity index (χ1) is 12.6. The number of esters is 1. The molecule has 0 fully saturated rings. The smallest absolute Gasteiger partial charge is 0.340 e. The number of nitrogens with one attached hydrogen (secondary N) is 1. The van der Waals surface area contributed by atoms with E-state index < -0.39 is 0 Å². The molecule has 1 N–H and O–H groups in total. The second-order valence-corrected chi connectivity index (χ2v) is 7.39. The number of benzene rings is 2. The van der Waals surface area contributed by atoms with Crippen LogP contribution in [0, 0.1) is 5.92 Å². The Balaban J connectivity index is 1.83. The Labute approximate surface area is 163 Å². The number of ether oxygens (including phenoxy) is 1. The standard InChI is InChI=1S/C21H19Cl2NO2/c1-2-26-21(25)16-10-4-8-14-12-6-3-7-13(12)19(24-20(14)16)15-9-5-11-17(22)18(15)23/h3-6,8-13,19,24H,2,7H2,1H3/t12-,13-,19-/m0/s1. The van der Waals surface area contributed by atoms with Crippen LogP contribution in [0.5, 0.6) is 0 Å². The summed E-state index contributed by atoms with van der Waals surface area (Å²) in [6.45, 7) is 2.16. The Morgan fingerprint density at radius 2 is 1.96 bits per heavy atom. The summed E-state index contributed by atoms with van der Waals surface area (Å²) in [4.78, 5) is 12.4. The molecule has 1 aliphatic heterocycles. The van der Waals surface area contributed by atoms with E-state index in [2.05, 4.69) is 23.5 Å². The summed E-state index contributed by atoms with van der Waals surface area (Å²) in [5, 5.41) is 4.68. The summed E-state index contributed by atoms with van der Waals surface area (Å²) in [6.07, 6.45) is 5.38. The van der Waals surface area contributed by atoms with Gasteiger partial charge in [0, 0.05) is 5.92 Å². The minimum absolute atomic E-state index is 0.0238. The highest BCUT2D eigenvalue weighted by molar-refractivity contribution is 6.42. The van der Waals surface area contributed by atoms with E-state index in [-0.39, 0.29) is 17.9 Å². The summed E-state index contributed by atoms with van der Waals surface area (Å²) in [6, 6.07) is 11.5. The maximum Gasteiger partial charge on any atom is 0.340 e. The summed E-state index contributed by atoms with van der Waals surface area (Å²) < 4.78 is 5.25. The van der Waals surface area contributed by atoms with Crippen molar-refractivity contribution in [1.82, 2.24) is 0 Å². The lowest BCUT2D eigenvalue weighted by atomic mass is 9.76. The van der Waals surface area contributed by atoms with Gasteiger partial charge in [0.15, 0.2) is 0 Å². The number of anilines is 1. The second kappa shape index (κ2) is 6.98. The monoisotopic (exact) mass is 387 g/mol. The molecule has 0 spiro atoms. The molecule has 0 bridgehead atoms. The van der Waals surface area contributed by atoms with Gasteiger partial charge in [-0.25, -0.2) is 4.79 Å². The molecule has 1 heterocycles. The van der Waals surface area contributed by atoms with Crippen molar-refractivity contribution in [3.8, 4) is 0 Å². The molecule has 0 amide bonds. The van der Waals surface area contributed by atoms with Crippen LogP contribution >= 0.6 is 23.2 Å². The first kappa shape index (κ1) is 17.4. The second-order valence-electron chi connectivity index (χ2n) is 6.61. The van der Waals surface area contributed by atoms with Gasteiger partial charge >= 0.3 is 5.97 Å². The molecule has 2 aromatic rings. The molecule has 3 nitrogen and oxygen atoms in total. The molecular formula is C21H19Cl2NO2. The van der Waals surface area contributed by atoms with Gasteiger partial charge in [0.2, 0.25) is 0 Å². The lowest BCUT2D eigenvalue weighted by Crippen LogP contribution is -2.30. The van der Waals surface area contributed by atoms with Gasteiger partial charge in [0.1, 0.15) is 0 Å². The molecule has 0 saturated carbocycles. The Bertz CT molecular complexity index is 894. The summed E-state index contributed by atoms with van der Waals surface area (Å²) in [7, 11) is 0. The maximum atomic E-state index is 12.4. The van der Waals surface area contributed by atoms with Gasteiger partial charge in [-0.1, -0.05) is 59.6 Å². The fraction of sp³-hybridized carbons (Fsp3) is 0.286. The molecule has 4 rings (SSSR count). The van der Waals surface area contributed by atoms with Crippen molar-refractivity contribution in [3.05, 3.63) is 75.3 Å². The van der Waals surface area contributed by atoms with E-state index >= 15 is 0 Å². The lowest BCUT2D eigenvalue weighted by Gasteiger charge is -2.38. The average molecular weight is 388 g/mol. The lowest BCUT2D eigenvalue weighted by molar-refractivity contribution is 0.0527. The fourth-order valence-electron chi connectivity index (χ4n) is 4.07. The molecule has 134 valence electrons. The number of allylic oxidation sites excluding steroid dienone is 2. The number of rotatable bonds is 3. The van der Waals surface area contributed by atoms with E-state index in [0.717, 1.165) is 23.2 Å². The van der Waals surface area contributed by atoms with Crippen molar-refractivity contribution in [2.24, 2.45) is 5.92 Å². The van der Waals surface area contributed by atoms with Crippen molar-refractivity contribution in [2.45, 2.75) is 25.3 Å². The van der Waals surface area contributed by atoms with Crippen LogP contribution in [-0.4, -0.2) is 12.6 Å². The quantitative estimate of drug-likeness (QED) is 0.518. The van der Waals surface area contributed by atoms with E-state index in [1.807, 2.05) is 25.1 Å². The van der Waals surface area contributed by atoms with Crippen LogP contribution in [0.4, 0.5) is 5.69 Å². The van der Waals surface area contributed by atoms with Crippen molar-refractivity contribution in [1.29, 1.82) is 0 Å². The van der Waals surface area contributed by atoms with E-state index in [4.69, 9.17) is 27.9 Å². The topological polar surface area (TPSA) is 38.3 Å². The summed E-state index contributed by atoms with van der Waals surface area (Å²) >= 11 is 12.8. The van der Waals surface area contributed by atoms with Crippen molar-refractivity contribution in [2.75, 3.05) is 11.9 Å². The minimum atomic E-state index is -0.312. The van der Waals surface area contributed by atoms with Crippen molar-refractivity contribution >= 4 is 34.9 Å². The summed E-state index contributed by atoms with van der Waals surface area (Å²) in [5.74, 6) is 0.254. The molecule has 0 radical (unpaired) electrons. The highest BCUT2D eigenvalue weighted by Gasteiger charge is 2.40. The van der Waals surface area contributed by atoms with E-state index in [9.17, 15) is 4.79 Å². The predicted molar refractivity (Wildman–Crippen MR) is 105 cm³/mol. The normalized spacial score (nSPS) is 23.1. The molecule has 0 unspecified atom stereocenters.